The largest absolute Gasteiger partial charge is 0.707 e. The van der Waals surface area contributed by atoms with Gasteiger partial charge in [-0.2, -0.15) is 5.10 Å². The fourth-order valence-electron chi connectivity index (χ4n) is 2.47. The van der Waals surface area contributed by atoms with Crippen LogP contribution in [-0.2, 0) is 4.74 Å². The highest BCUT2D eigenvalue weighted by Gasteiger charge is 2.16. The first-order valence-electron chi connectivity index (χ1n) is 8.32. The molecule has 3 rings (SSSR count). The normalized spacial score (nSPS) is 11.1. The van der Waals surface area contributed by atoms with Gasteiger partial charge in [0.2, 0.25) is 0 Å². The fourth-order valence-corrected chi connectivity index (χ4v) is 3.31. The van der Waals surface area contributed by atoms with Gasteiger partial charge in [-0.05, 0) is 35.2 Å². The lowest BCUT2D eigenvalue weighted by molar-refractivity contribution is 0.205. The Hall–Kier alpha value is -2.73. The van der Waals surface area contributed by atoms with E-state index in [9.17, 15) is 0 Å². The maximum Gasteiger partial charge on any atom is 0.707 e. The van der Waals surface area contributed by atoms with Crippen molar-refractivity contribution in [2.45, 2.75) is 0 Å². The van der Waals surface area contributed by atoms with E-state index in [0.717, 1.165) is 15.8 Å². The van der Waals surface area contributed by atoms with Crippen LogP contribution in [-0.4, -0.2) is 60.9 Å². The molecule has 0 saturated carbocycles. The van der Waals surface area contributed by atoms with Gasteiger partial charge in [0, 0.05) is 7.11 Å². The van der Waals surface area contributed by atoms with E-state index in [4.69, 9.17) is 24.2 Å². The number of methoxy groups -OCH3 is 2. The number of anilines is 1. The van der Waals surface area contributed by atoms with Crippen molar-refractivity contribution < 1.29 is 24.2 Å². The Morgan fingerprint density at radius 1 is 1.21 bits per heavy atom. The number of benzene rings is 1. The van der Waals surface area contributed by atoms with Gasteiger partial charge in [-0.15, -0.1) is 11.3 Å². The van der Waals surface area contributed by atoms with Crippen molar-refractivity contribution in [3.8, 4) is 11.5 Å². The smallest absolute Gasteiger partial charge is 0.509 e. The van der Waals surface area contributed by atoms with Crippen LogP contribution in [0.1, 0.15) is 5.56 Å². The molecule has 0 unspecified atom stereocenters. The molecule has 146 valence electrons. The molecule has 3 aromatic rings. The van der Waals surface area contributed by atoms with Crippen molar-refractivity contribution in [1.82, 2.24) is 9.97 Å². The minimum Gasteiger partial charge on any atom is -0.509 e. The third-order valence-electron chi connectivity index (χ3n) is 3.74. The molecule has 2 N–H and O–H groups in total. The monoisotopic (exact) mass is 402 g/mol. The van der Waals surface area contributed by atoms with E-state index >= 15 is 0 Å². The van der Waals surface area contributed by atoms with Crippen molar-refractivity contribution in [2.24, 2.45) is 5.10 Å². The number of hydrogen-bond acceptors (Lipinski definition) is 10. The average Bonchev–Trinajstić information content (AvgIpc) is 3.17. The molecule has 0 bridgehead atoms. The van der Waals surface area contributed by atoms with Crippen molar-refractivity contribution in [3.63, 3.8) is 0 Å². The summed E-state index contributed by atoms with van der Waals surface area (Å²) in [6.45, 7) is 0.977. The Kier molecular flexibility index (Phi) is 6.77. The predicted octanol–water partition coefficient (Wildman–Crippen LogP) is 1.54. The maximum atomic E-state index is 8.97. The second-order valence-corrected chi connectivity index (χ2v) is 6.46. The van der Waals surface area contributed by atoms with Crippen LogP contribution in [0.25, 0.3) is 10.2 Å². The van der Waals surface area contributed by atoms with E-state index in [1.807, 2.05) is 11.4 Å². The van der Waals surface area contributed by atoms with E-state index in [2.05, 4.69) is 15.1 Å². The highest BCUT2D eigenvalue weighted by Crippen LogP contribution is 2.29. The van der Waals surface area contributed by atoms with E-state index < -0.39 is 7.32 Å². The summed E-state index contributed by atoms with van der Waals surface area (Å²) in [5.74, 6) is 1.26. The Bertz CT molecular complexity index is 952. The van der Waals surface area contributed by atoms with E-state index in [1.54, 1.807) is 47.9 Å². The zero-order valence-corrected chi connectivity index (χ0v) is 16.2. The summed E-state index contributed by atoms with van der Waals surface area (Å²) in [6, 6.07) is 6.90. The fraction of sp³-hybridized carbons (Fsp3) is 0.235. The van der Waals surface area contributed by atoms with E-state index in [-0.39, 0.29) is 5.75 Å². The lowest BCUT2D eigenvalue weighted by Crippen LogP contribution is -2.23. The predicted molar refractivity (Wildman–Crippen MR) is 108 cm³/mol. The summed E-state index contributed by atoms with van der Waals surface area (Å²) in [5.41, 5.74) is 1.59. The third-order valence-corrected chi connectivity index (χ3v) is 4.64. The Labute approximate surface area is 166 Å². The van der Waals surface area contributed by atoms with Crippen molar-refractivity contribution in [1.29, 1.82) is 0 Å². The number of thiophene rings is 1. The first-order chi connectivity index (χ1) is 13.6. The molecule has 0 spiro atoms. The lowest BCUT2D eigenvalue weighted by Gasteiger charge is -2.18. The number of aromatic nitrogens is 2. The summed E-state index contributed by atoms with van der Waals surface area (Å²) in [4.78, 5) is 8.64. The van der Waals surface area contributed by atoms with Gasteiger partial charge in [-0.25, -0.2) is 15.0 Å². The van der Waals surface area contributed by atoms with Gasteiger partial charge in [0.1, 0.15) is 12.1 Å². The Balaban J connectivity index is 1.88. The first-order valence-corrected chi connectivity index (χ1v) is 9.20. The van der Waals surface area contributed by atoms with Crippen LogP contribution in [0.2, 0.25) is 0 Å². The van der Waals surface area contributed by atoms with Gasteiger partial charge in [0.15, 0.2) is 11.6 Å². The molecule has 0 atom stereocenters. The molecule has 1 aromatic carbocycles. The van der Waals surface area contributed by atoms with Crippen LogP contribution in [0.4, 0.5) is 5.82 Å². The number of nitrogens with zero attached hydrogens (tertiary/aromatic N) is 4. The molecule has 9 nitrogen and oxygen atoms in total. The van der Waals surface area contributed by atoms with Crippen LogP contribution in [0.5, 0.6) is 11.5 Å². The Morgan fingerprint density at radius 2 is 2.07 bits per heavy atom. The van der Waals surface area contributed by atoms with Gasteiger partial charge in [0.25, 0.3) is 0 Å². The molecule has 0 aliphatic carbocycles. The van der Waals surface area contributed by atoms with E-state index in [0.29, 0.717) is 24.7 Å². The second-order valence-electron chi connectivity index (χ2n) is 5.55. The highest BCUT2D eigenvalue weighted by molar-refractivity contribution is 7.17. The number of fused-ring (bicyclic) bond motifs is 1. The van der Waals surface area contributed by atoms with Crippen molar-refractivity contribution in [2.75, 3.05) is 32.4 Å². The number of hydrazone groups is 1. The van der Waals surface area contributed by atoms with Crippen molar-refractivity contribution in [3.05, 3.63) is 41.5 Å². The third kappa shape index (κ3) is 4.76. The van der Waals surface area contributed by atoms with Crippen LogP contribution in [0, 0.1) is 0 Å². The van der Waals surface area contributed by atoms with Gasteiger partial charge >= 0.3 is 7.32 Å². The summed E-state index contributed by atoms with van der Waals surface area (Å²) in [5, 5.41) is 26.2. The van der Waals surface area contributed by atoms with Crippen LogP contribution in [0.3, 0.4) is 0 Å². The Morgan fingerprint density at radius 3 is 2.82 bits per heavy atom. The van der Waals surface area contributed by atoms with Gasteiger partial charge < -0.3 is 24.2 Å². The molecule has 0 amide bonds. The molecule has 2 heterocycles. The molecule has 11 heteroatoms. The van der Waals surface area contributed by atoms with Crippen LogP contribution >= 0.6 is 11.3 Å². The molecule has 0 radical (unpaired) electrons. The van der Waals surface area contributed by atoms with Gasteiger partial charge in [-0.3, -0.25) is 0 Å². The van der Waals surface area contributed by atoms with E-state index in [1.165, 1.54) is 13.4 Å². The van der Waals surface area contributed by atoms with Crippen molar-refractivity contribution >= 4 is 40.9 Å². The molecule has 0 aliphatic rings. The molecular formula is C17H19BN4O5S. The second kappa shape index (κ2) is 9.46. The topological polar surface area (TPSA) is 110 Å². The molecule has 28 heavy (non-hydrogen) atoms. The van der Waals surface area contributed by atoms with Gasteiger partial charge in [-0.1, -0.05) is 0 Å². The summed E-state index contributed by atoms with van der Waals surface area (Å²) in [7, 11) is 1.16. The number of ether oxygens (including phenoxy) is 2. The molecule has 0 fully saturated rings. The summed E-state index contributed by atoms with van der Waals surface area (Å²) >= 11 is 1.55. The van der Waals surface area contributed by atoms with Crippen LogP contribution < -0.4 is 14.4 Å². The lowest BCUT2D eigenvalue weighted by atomic mass is 10.2. The summed E-state index contributed by atoms with van der Waals surface area (Å²) in [6.07, 6.45) is 3.16. The van der Waals surface area contributed by atoms with Crippen LogP contribution in [0.15, 0.2) is 41.1 Å². The molecule has 2 aromatic heterocycles. The molecule has 0 saturated heterocycles. The highest BCUT2D eigenvalue weighted by atomic mass is 32.1. The standard InChI is InChI=1S/C17H19BN4O5S/c1-25-7-6-22(17-16-13(5-8-28-16)19-11-20-17)21-10-12-3-4-14(27-18(23)24)15(9-12)26-2/h3-5,8-11,23-24H,6-7H2,1-2H3/b21-10+. The quantitative estimate of drug-likeness (QED) is 0.315. The maximum absolute atomic E-state index is 8.97. The number of hydrogen-bond donors (Lipinski definition) is 2. The molecule has 0 aliphatic heterocycles. The zero-order chi connectivity index (χ0) is 19.9. The number of rotatable bonds is 9. The molecular weight excluding hydrogens is 383 g/mol. The first kappa shape index (κ1) is 20.0. The minimum absolute atomic E-state index is 0.210. The van der Waals surface area contributed by atoms with Gasteiger partial charge in [0.05, 0.1) is 36.7 Å². The SMILES string of the molecule is COCCN(/N=C/c1ccc(OB(O)O)c(OC)c1)c1ncnc2ccsc12. The zero-order valence-electron chi connectivity index (χ0n) is 15.3. The summed E-state index contributed by atoms with van der Waals surface area (Å²) < 4.78 is 16.2. The average molecular weight is 402 g/mol. The minimum atomic E-state index is -1.93.